The van der Waals surface area contributed by atoms with Gasteiger partial charge in [-0.25, -0.2) is 0 Å². The second-order valence-electron chi connectivity index (χ2n) is 5.13. The molecule has 19 heavy (non-hydrogen) atoms. The van der Waals surface area contributed by atoms with Crippen LogP contribution in [0.5, 0.6) is 0 Å². The Bertz CT molecular complexity index is 473. The summed E-state index contributed by atoms with van der Waals surface area (Å²) in [4.78, 5) is 20.6. The van der Waals surface area contributed by atoms with Gasteiger partial charge in [0, 0.05) is 18.7 Å². The second kappa shape index (κ2) is 6.33. The molecule has 0 saturated carbocycles. The lowest BCUT2D eigenvalue weighted by Gasteiger charge is -2.23. The number of hydrogen-bond donors (Lipinski definition) is 2. The van der Waals surface area contributed by atoms with E-state index in [4.69, 9.17) is 0 Å². The molecule has 0 aromatic heterocycles. The fourth-order valence-electron chi connectivity index (χ4n) is 1.58. The highest BCUT2D eigenvalue weighted by Crippen LogP contribution is 2.42. The normalized spacial score (nSPS) is 17.4. The predicted octanol–water partition coefficient (Wildman–Crippen LogP) is -0.360. The minimum Gasteiger partial charge on any atom is -0.544 e. The van der Waals surface area contributed by atoms with E-state index in [0.29, 0.717) is 6.42 Å². The summed E-state index contributed by atoms with van der Waals surface area (Å²) in [6.07, 6.45) is 0.652. The molecular weight excluding hydrogens is 265 g/mol. The molecular formula is C13H20NO4P. The zero-order chi connectivity index (χ0) is 14.5. The molecule has 6 heteroatoms. The second-order valence-corrected chi connectivity index (χ2v) is 7.71. The molecule has 0 amide bonds. The van der Waals surface area contributed by atoms with Crippen LogP contribution in [0.25, 0.3) is 0 Å². The standard InChI is InChI=1S/C13H20NO4P/c1-13(14,12(15)16)8-10-19(17,18)9-7-11-5-3-2-4-6-11/h2-6H,7-10,14H2,1H3,(H,15,16)(H,17,18)/t13-/m1/s1. The first-order valence-corrected chi connectivity index (χ1v) is 8.17. The van der Waals surface area contributed by atoms with Gasteiger partial charge in [0.1, 0.15) is 11.5 Å². The molecule has 1 unspecified atom stereocenters. The Balaban J connectivity index is 2.49. The van der Waals surface area contributed by atoms with Gasteiger partial charge in [0.25, 0.3) is 0 Å². The molecule has 0 radical (unpaired) electrons. The molecule has 0 spiro atoms. The lowest BCUT2D eigenvalue weighted by Crippen LogP contribution is -2.78. The molecule has 0 heterocycles. The van der Waals surface area contributed by atoms with Gasteiger partial charge in [-0.1, -0.05) is 30.3 Å². The van der Waals surface area contributed by atoms with E-state index in [9.17, 15) is 19.4 Å². The number of carbonyl (C=O) groups is 1. The SMILES string of the molecule is C[C@@]([NH3+])(CCP(=O)(O)CCc1ccccc1)C(=O)[O-]. The maximum atomic E-state index is 12.0. The summed E-state index contributed by atoms with van der Waals surface area (Å²) in [6.45, 7) is 1.40. The summed E-state index contributed by atoms with van der Waals surface area (Å²) < 4.78 is 12.0. The van der Waals surface area contributed by atoms with Crippen molar-refractivity contribution in [3.63, 3.8) is 0 Å². The van der Waals surface area contributed by atoms with Gasteiger partial charge >= 0.3 is 0 Å². The van der Waals surface area contributed by atoms with E-state index < -0.39 is 18.9 Å². The van der Waals surface area contributed by atoms with Crippen LogP contribution in [0.2, 0.25) is 0 Å². The fraction of sp³-hybridized carbons (Fsp3) is 0.462. The quantitative estimate of drug-likeness (QED) is 0.667. The highest BCUT2D eigenvalue weighted by Gasteiger charge is 2.29. The minimum absolute atomic E-state index is 0.0396. The number of benzene rings is 1. The van der Waals surface area contributed by atoms with E-state index in [2.05, 4.69) is 5.73 Å². The maximum Gasteiger partial charge on any atom is 0.201 e. The summed E-state index contributed by atoms with van der Waals surface area (Å²) in [5.74, 6) is -1.30. The molecule has 0 bridgehead atoms. The third-order valence-corrected chi connectivity index (χ3v) is 4.94. The smallest absolute Gasteiger partial charge is 0.201 e. The molecule has 0 fully saturated rings. The average Bonchev–Trinajstić information content (AvgIpc) is 2.36. The third kappa shape index (κ3) is 5.55. The van der Waals surface area contributed by atoms with Gasteiger partial charge in [-0.15, -0.1) is 0 Å². The van der Waals surface area contributed by atoms with Crippen molar-refractivity contribution in [1.29, 1.82) is 0 Å². The Labute approximate surface area is 112 Å². The molecule has 0 aliphatic carbocycles. The van der Waals surface area contributed by atoms with Gasteiger partial charge in [-0.05, 0) is 18.9 Å². The fourth-order valence-corrected chi connectivity index (χ4v) is 3.26. The molecule has 0 aliphatic rings. The molecule has 2 atom stereocenters. The first-order valence-electron chi connectivity index (χ1n) is 6.14. The zero-order valence-corrected chi connectivity index (χ0v) is 11.9. The van der Waals surface area contributed by atoms with Gasteiger partial charge in [-0.2, -0.15) is 0 Å². The number of carboxylic acids is 1. The molecule has 1 rings (SSSR count). The topological polar surface area (TPSA) is 105 Å². The minimum atomic E-state index is -3.33. The Morgan fingerprint density at radius 2 is 1.95 bits per heavy atom. The summed E-state index contributed by atoms with van der Waals surface area (Å²) in [7, 11) is -3.33. The Morgan fingerprint density at radius 3 is 2.47 bits per heavy atom. The van der Waals surface area contributed by atoms with Crippen molar-refractivity contribution in [1.82, 2.24) is 0 Å². The van der Waals surface area contributed by atoms with Crippen LogP contribution >= 0.6 is 7.37 Å². The first kappa shape index (κ1) is 15.9. The Kier molecular flexibility index (Phi) is 5.29. The Hall–Kier alpha value is -1.16. The number of rotatable bonds is 7. The van der Waals surface area contributed by atoms with E-state index in [1.54, 1.807) is 0 Å². The summed E-state index contributed by atoms with van der Waals surface area (Å²) >= 11 is 0. The van der Waals surface area contributed by atoms with Gasteiger partial charge in [0.2, 0.25) is 7.37 Å². The van der Waals surface area contributed by atoms with Crippen molar-refractivity contribution in [2.45, 2.75) is 25.3 Å². The number of carboxylic acid groups (broad SMARTS) is 1. The lowest BCUT2D eigenvalue weighted by molar-refractivity contribution is -0.481. The van der Waals surface area contributed by atoms with E-state index in [1.807, 2.05) is 30.3 Å². The Morgan fingerprint density at radius 1 is 1.37 bits per heavy atom. The van der Waals surface area contributed by atoms with Gasteiger partial charge in [0.15, 0.2) is 0 Å². The van der Waals surface area contributed by atoms with Crippen LogP contribution in [0.4, 0.5) is 0 Å². The molecule has 0 saturated heterocycles. The van der Waals surface area contributed by atoms with Crippen molar-refractivity contribution in [3.05, 3.63) is 35.9 Å². The monoisotopic (exact) mass is 285 g/mol. The predicted molar refractivity (Wildman–Crippen MR) is 70.6 cm³/mol. The van der Waals surface area contributed by atoms with E-state index >= 15 is 0 Å². The lowest BCUT2D eigenvalue weighted by atomic mass is 10.0. The molecule has 106 valence electrons. The van der Waals surface area contributed by atoms with Gasteiger partial charge in [0.05, 0.1) is 0 Å². The molecule has 0 aliphatic heterocycles. The van der Waals surface area contributed by atoms with Crippen molar-refractivity contribution in [3.8, 4) is 0 Å². The number of carbonyl (C=O) groups excluding carboxylic acids is 1. The van der Waals surface area contributed by atoms with Crippen LogP contribution in [0.15, 0.2) is 30.3 Å². The van der Waals surface area contributed by atoms with Gasteiger partial charge < -0.3 is 20.5 Å². The van der Waals surface area contributed by atoms with E-state index in [0.717, 1.165) is 5.56 Å². The summed E-state index contributed by atoms with van der Waals surface area (Å²) in [5, 5.41) is 10.8. The van der Waals surface area contributed by atoms with Crippen molar-refractivity contribution in [2.24, 2.45) is 0 Å². The maximum absolute atomic E-state index is 12.0. The van der Waals surface area contributed by atoms with E-state index in [-0.39, 0.29) is 18.7 Å². The highest BCUT2D eigenvalue weighted by atomic mass is 31.2. The van der Waals surface area contributed by atoms with Crippen molar-refractivity contribution < 1.29 is 25.1 Å². The number of quaternary nitrogens is 1. The van der Waals surface area contributed by atoms with Crippen molar-refractivity contribution in [2.75, 3.05) is 12.3 Å². The zero-order valence-electron chi connectivity index (χ0n) is 11.0. The third-order valence-electron chi connectivity index (χ3n) is 3.10. The summed E-state index contributed by atoms with van der Waals surface area (Å²) in [6, 6.07) is 9.43. The van der Waals surface area contributed by atoms with Crippen LogP contribution < -0.4 is 10.8 Å². The van der Waals surface area contributed by atoms with Crippen LogP contribution in [0.3, 0.4) is 0 Å². The van der Waals surface area contributed by atoms with Crippen LogP contribution in [-0.4, -0.2) is 28.7 Å². The molecule has 1 aromatic rings. The average molecular weight is 285 g/mol. The van der Waals surface area contributed by atoms with E-state index in [1.165, 1.54) is 6.92 Å². The van der Waals surface area contributed by atoms with Crippen molar-refractivity contribution >= 4 is 13.3 Å². The molecule has 5 nitrogen and oxygen atoms in total. The largest absolute Gasteiger partial charge is 0.544 e. The number of hydrogen-bond acceptors (Lipinski definition) is 3. The number of aryl methyl sites for hydroxylation is 1. The van der Waals surface area contributed by atoms with Crippen LogP contribution in [-0.2, 0) is 15.8 Å². The van der Waals surface area contributed by atoms with Crippen LogP contribution in [0, 0.1) is 0 Å². The molecule has 4 N–H and O–H groups in total. The number of aliphatic carboxylic acids is 1. The summed E-state index contributed by atoms with van der Waals surface area (Å²) in [5.41, 5.74) is 3.18. The first-order chi connectivity index (χ1) is 8.73. The highest BCUT2D eigenvalue weighted by molar-refractivity contribution is 7.57. The van der Waals surface area contributed by atoms with Gasteiger partial charge in [-0.3, -0.25) is 4.57 Å². The molecule has 1 aromatic carbocycles. The van der Waals surface area contributed by atoms with Crippen LogP contribution in [0.1, 0.15) is 18.9 Å².